The number of carbonyl (C=O) groups excluding carboxylic acids is 2. The van der Waals surface area contributed by atoms with Crippen molar-refractivity contribution in [3.05, 3.63) is 46.2 Å². The Balaban J connectivity index is 1.87. The van der Waals surface area contributed by atoms with Crippen LogP contribution in [0.3, 0.4) is 0 Å². The van der Waals surface area contributed by atoms with E-state index in [1.165, 1.54) is 11.3 Å². The molecule has 2 heterocycles. The molecule has 0 saturated carbocycles. The summed E-state index contributed by atoms with van der Waals surface area (Å²) in [5.74, 6) is 0.251. The molecule has 0 atom stereocenters. The molecule has 0 radical (unpaired) electrons. The van der Waals surface area contributed by atoms with Crippen molar-refractivity contribution in [3.8, 4) is 0 Å². The summed E-state index contributed by atoms with van der Waals surface area (Å²) in [5, 5.41) is 4.36. The van der Waals surface area contributed by atoms with E-state index >= 15 is 0 Å². The van der Waals surface area contributed by atoms with Crippen molar-refractivity contribution in [2.75, 3.05) is 11.9 Å². The van der Waals surface area contributed by atoms with Gasteiger partial charge in [-0.1, -0.05) is 6.07 Å². The first-order chi connectivity index (χ1) is 10.7. The van der Waals surface area contributed by atoms with Crippen LogP contribution in [0.1, 0.15) is 22.2 Å². The summed E-state index contributed by atoms with van der Waals surface area (Å²) in [7, 11) is 0. The van der Waals surface area contributed by atoms with Crippen LogP contribution in [-0.4, -0.2) is 28.5 Å². The lowest BCUT2D eigenvalue weighted by Gasteiger charge is -2.00. The second kappa shape index (κ2) is 5.98. The second-order valence-corrected chi connectivity index (χ2v) is 5.42. The number of rotatable bonds is 4. The third kappa shape index (κ3) is 2.84. The van der Waals surface area contributed by atoms with Crippen molar-refractivity contribution < 1.29 is 14.3 Å². The van der Waals surface area contributed by atoms with Crippen LogP contribution in [0.5, 0.6) is 0 Å². The summed E-state index contributed by atoms with van der Waals surface area (Å²) in [6, 6.07) is 8.81. The van der Waals surface area contributed by atoms with Crippen LogP contribution in [0.2, 0.25) is 0 Å². The predicted octanol–water partition coefficient (Wildman–Crippen LogP) is 3.42. The van der Waals surface area contributed by atoms with Gasteiger partial charge >= 0.3 is 6.09 Å². The maximum Gasteiger partial charge on any atom is 0.413 e. The number of aromatic amines is 1. The maximum absolute atomic E-state index is 12.3. The van der Waals surface area contributed by atoms with E-state index in [9.17, 15) is 9.59 Å². The fraction of sp³-hybridized carbons (Fsp3) is 0.133. The molecule has 0 bridgehead atoms. The number of ether oxygens (including phenoxy) is 1. The van der Waals surface area contributed by atoms with Gasteiger partial charge in [-0.05, 0) is 36.6 Å². The Morgan fingerprint density at radius 2 is 2.23 bits per heavy atom. The van der Waals surface area contributed by atoms with E-state index in [2.05, 4.69) is 15.3 Å². The molecule has 3 aromatic rings. The molecule has 0 unspecified atom stereocenters. The highest BCUT2D eigenvalue weighted by Crippen LogP contribution is 2.20. The van der Waals surface area contributed by atoms with E-state index in [1.807, 2.05) is 11.4 Å². The van der Waals surface area contributed by atoms with E-state index < -0.39 is 6.09 Å². The van der Waals surface area contributed by atoms with E-state index in [1.54, 1.807) is 31.2 Å². The molecule has 3 rings (SSSR count). The Morgan fingerprint density at radius 3 is 2.95 bits per heavy atom. The first-order valence-electron chi connectivity index (χ1n) is 6.69. The number of anilines is 1. The van der Waals surface area contributed by atoms with E-state index in [4.69, 9.17) is 4.74 Å². The Labute approximate surface area is 130 Å². The highest BCUT2D eigenvalue weighted by molar-refractivity contribution is 7.12. The molecular formula is C15H13N3O3S. The summed E-state index contributed by atoms with van der Waals surface area (Å²) in [6.07, 6.45) is -0.573. The zero-order valence-electron chi connectivity index (χ0n) is 11.8. The van der Waals surface area contributed by atoms with Gasteiger partial charge in [0.15, 0.2) is 0 Å². The summed E-state index contributed by atoms with van der Waals surface area (Å²) >= 11 is 1.40. The van der Waals surface area contributed by atoms with Crippen LogP contribution < -0.4 is 5.32 Å². The lowest BCUT2D eigenvalue weighted by atomic mass is 10.1. The number of ketones is 1. The lowest BCUT2D eigenvalue weighted by molar-refractivity contribution is 0.104. The highest BCUT2D eigenvalue weighted by Gasteiger charge is 2.13. The number of H-pyrrole nitrogens is 1. The van der Waals surface area contributed by atoms with Crippen molar-refractivity contribution >= 4 is 40.2 Å². The van der Waals surface area contributed by atoms with E-state index in [-0.39, 0.29) is 18.3 Å². The van der Waals surface area contributed by atoms with E-state index in [0.717, 1.165) is 0 Å². The van der Waals surface area contributed by atoms with Gasteiger partial charge in [-0.25, -0.2) is 9.78 Å². The number of fused-ring (bicyclic) bond motifs is 1. The molecule has 1 amide bonds. The molecule has 0 aliphatic rings. The maximum atomic E-state index is 12.3. The summed E-state index contributed by atoms with van der Waals surface area (Å²) < 4.78 is 4.79. The van der Waals surface area contributed by atoms with Crippen LogP contribution in [-0.2, 0) is 4.74 Å². The molecule has 2 aromatic heterocycles. The Kier molecular flexibility index (Phi) is 3.88. The van der Waals surface area contributed by atoms with Crippen molar-refractivity contribution in [1.82, 2.24) is 9.97 Å². The van der Waals surface area contributed by atoms with Crippen LogP contribution in [0.25, 0.3) is 11.0 Å². The number of thiophene rings is 1. The third-order valence-electron chi connectivity index (χ3n) is 2.98. The molecular weight excluding hydrogens is 302 g/mol. The number of benzene rings is 1. The molecule has 0 saturated heterocycles. The summed E-state index contributed by atoms with van der Waals surface area (Å²) in [4.78, 5) is 31.5. The zero-order chi connectivity index (χ0) is 15.5. The highest BCUT2D eigenvalue weighted by atomic mass is 32.1. The number of hydrogen-bond donors (Lipinski definition) is 2. The van der Waals surface area contributed by atoms with Gasteiger partial charge in [0.2, 0.25) is 11.7 Å². The van der Waals surface area contributed by atoms with Crippen molar-refractivity contribution in [2.24, 2.45) is 0 Å². The first kappa shape index (κ1) is 14.3. The number of hydrogen-bond acceptors (Lipinski definition) is 5. The molecule has 112 valence electrons. The zero-order valence-corrected chi connectivity index (χ0v) is 12.6. The topological polar surface area (TPSA) is 84.1 Å². The minimum Gasteiger partial charge on any atom is -0.450 e. The Bertz CT molecular complexity index is 824. The molecule has 22 heavy (non-hydrogen) atoms. The normalized spacial score (nSPS) is 10.6. The summed E-state index contributed by atoms with van der Waals surface area (Å²) in [6.45, 7) is 2.01. The molecule has 0 spiro atoms. The quantitative estimate of drug-likeness (QED) is 0.722. The molecule has 0 fully saturated rings. The number of nitrogens with zero attached hydrogens (tertiary/aromatic N) is 1. The van der Waals surface area contributed by atoms with Gasteiger partial charge in [-0.2, -0.15) is 0 Å². The minimum atomic E-state index is -0.573. The van der Waals surface area contributed by atoms with E-state index in [0.29, 0.717) is 21.5 Å². The Morgan fingerprint density at radius 1 is 1.36 bits per heavy atom. The van der Waals surface area contributed by atoms with Crippen molar-refractivity contribution in [1.29, 1.82) is 0 Å². The Hall–Kier alpha value is -2.67. The van der Waals surface area contributed by atoms with Crippen LogP contribution in [0.4, 0.5) is 10.7 Å². The fourth-order valence-electron chi connectivity index (χ4n) is 2.02. The smallest absolute Gasteiger partial charge is 0.413 e. The van der Waals surface area contributed by atoms with Gasteiger partial charge in [0, 0.05) is 5.56 Å². The van der Waals surface area contributed by atoms with Crippen molar-refractivity contribution in [2.45, 2.75) is 6.92 Å². The molecule has 1 aromatic carbocycles. The number of nitrogens with one attached hydrogen (secondary N) is 2. The lowest BCUT2D eigenvalue weighted by Crippen LogP contribution is -2.14. The van der Waals surface area contributed by atoms with Gasteiger partial charge < -0.3 is 9.72 Å². The van der Waals surface area contributed by atoms with Gasteiger partial charge in [-0.3, -0.25) is 10.1 Å². The molecule has 2 N–H and O–H groups in total. The molecule has 7 heteroatoms. The third-order valence-corrected chi connectivity index (χ3v) is 3.85. The average molecular weight is 315 g/mol. The standard InChI is InChI=1S/C15H13N3O3S/c1-2-21-15(20)18-14-16-10-6-5-9(8-11(10)17-14)13(19)12-4-3-7-22-12/h3-8H,2H2,1H3,(H2,16,17,18,20). The van der Waals surface area contributed by atoms with Crippen LogP contribution >= 0.6 is 11.3 Å². The van der Waals surface area contributed by atoms with Gasteiger partial charge in [0.1, 0.15) is 0 Å². The first-order valence-corrected chi connectivity index (χ1v) is 7.57. The van der Waals surface area contributed by atoms with Crippen LogP contribution in [0, 0.1) is 0 Å². The minimum absolute atomic E-state index is 0.0357. The van der Waals surface area contributed by atoms with Gasteiger partial charge in [0.25, 0.3) is 0 Å². The SMILES string of the molecule is CCOC(=O)Nc1nc2ccc(C(=O)c3cccs3)cc2[nH]1. The summed E-state index contributed by atoms with van der Waals surface area (Å²) in [5.41, 5.74) is 1.91. The number of carbonyl (C=O) groups is 2. The largest absolute Gasteiger partial charge is 0.450 e. The number of imidazole rings is 1. The average Bonchev–Trinajstić information content (AvgIpc) is 3.14. The number of aromatic nitrogens is 2. The molecule has 0 aliphatic carbocycles. The second-order valence-electron chi connectivity index (χ2n) is 4.47. The molecule has 0 aliphatic heterocycles. The fourth-order valence-corrected chi connectivity index (χ4v) is 2.71. The van der Waals surface area contributed by atoms with Crippen molar-refractivity contribution in [3.63, 3.8) is 0 Å². The number of amides is 1. The van der Waals surface area contributed by atoms with Gasteiger partial charge in [-0.15, -0.1) is 11.3 Å². The monoisotopic (exact) mass is 315 g/mol. The predicted molar refractivity (Wildman–Crippen MR) is 84.5 cm³/mol. The van der Waals surface area contributed by atoms with Crippen LogP contribution in [0.15, 0.2) is 35.7 Å². The van der Waals surface area contributed by atoms with Gasteiger partial charge in [0.05, 0.1) is 22.5 Å². The molecule has 6 nitrogen and oxygen atoms in total.